The SMILES string of the molecule is Cc1ccnc(N2CCCCCC2CN)n1. The first-order valence-electron chi connectivity index (χ1n) is 6.07. The zero-order valence-electron chi connectivity index (χ0n) is 9.89. The molecule has 1 saturated heterocycles. The van der Waals surface area contributed by atoms with Crippen LogP contribution in [0.2, 0.25) is 0 Å². The van der Waals surface area contributed by atoms with Crippen LogP contribution in [0.5, 0.6) is 0 Å². The lowest BCUT2D eigenvalue weighted by Gasteiger charge is -2.29. The summed E-state index contributed by atoms with van der Waals surface area (Å²) in [5.41, 5.74) is 6.86. The lowest BCUT2D eigenvalue weighted by Crippen LogP contribution is -2.41. The van der Waals surface area contributed by atoms with E-state index in [4.69, 9.17) is 5.73 Å². The maximum atomic E-state index is 5.84. The highest BCUT2D eigenvalue weighted by Gasteiger charge is 2.21. The summed E-state index contributed by atoms with van der Waals surface area (Å²) in [6, 6.07) is 2.34. The topological polar surface area (TPSA) is 55.0 Å². The van der Waals surface area contributed by atoms with E-state index in [-0.39, 0.29) is 0 Å². The molecule has 88 valence electrons. The molecule has 2 heterocycles. The first-order chi connectivity index (χ1) is 7.81. The smallest absolute Gasteiger partial charge is 0.225 e. The third-order valence-corrected chi connectivity index (χ3v) is 3.19. The fourth-order valence-electron chi connectivity index (χ4n) is 2.26. The van der Waals surface area contributed by atoms with Gasteiger partial charge in [0, 0.05) is 31.0 Å². The molecule has 1 unspecified atom stereocenters. The second-order valence-electron chi connectivity index (χ2n) is 4.43. The van der Waals surface area contributed by atoms with Gasteiger partial charge in [-0.1, -0.05) is 12.8 Å². The van der Waals surface area contributed by atoms with Crippen molar-refractivity contribution >= 4 is 5.95 Å². The van der Waals surface area contributed by atoms with Gasteiger partial charge in [0.05, 0.1) is 0 Å². The molecule has 0 aliphatic carbocycles. The monoisotopic (exact) mass is 220 g/mol. The van der Waals surface area contributed by atoms with Crippen molar-refractivity contribution in [1.82, 2.24) is 9.97 Å². The molecule has 1 aromatic heterocycles. The predicted octanol–water partition coefficient (Wildman–Crippen LogP) is 1.49. The Balaban J connectivity index is 2.21. The van der Waals surface area contributed by atoms with E-state index in [1.807, 2.05) is 19.2 Å². The van der Waals surface area contributed by atoms with Crippen LogP contribution in [0.4, 0.5) is 5.95 Å². The Morgan fingerprint density at radius 2 is 2.31 bits per heavy atom. The van der Waals surface area contributed by atoms with Gasteiger partial charge in [-0.05, 0) is 25.8 Å². The van der Waals surface area contributed by atoms with Gasteiger partial charge in [0.15, 0.2) is 0 Å². The highest BCUT2D eigenvalue weighted by Crippen LogP contribution is 2.20. The van der Waals surface area contributed by atoms with Crippen LogP contribution in [0.1, 0.15) is 31.4 Å². The molecule has 0 aromatic carbocycles. The molecular weight excluding hydrogens is 200 g/mol. The fraction of sp³-hybridized carbons (Fsp3) is 0.667. The Kier molecular flexibility index (Phi) is 3.72. The van der Waals surface area contributed by atoms with E-state index in [1.54, 1.807) is 0 Å². The van der Waals surface area contributed by atoms with Crippen molar-refractivity contribution < 1.29 is 0 Å². The number of nitrogens with zero attached hydrogens (tertiary/aromatic N) is 3. The van der Waals surface area contributed by atoms with Crippen molar-refractivity contribution in [2.75, 3.05) is 18.0 Å². The van der Waals surface area contributed by atoms with Gasteiger partial charge in [-0.25, -0.2) is 9.97 Å². The summed E-state index contributed by atoms with van der Waals surface area (Å²) >= 11 is 0. The lowest BCUT2D eigenvalue weighted by atomic mass is 10.1. The van der Waals surface area contributed by atoms with E-state index in [9.17, 15) is 0 Å². The first kappa shape index (κ1) is 11.3. The molecule has 16 heavy (non-hydrogen) atoms. The Labute approximate surface area is 96.9 Å². The van der Waals surface area contributed by atoms with Crippen LogP contribution in [-0.4, -0.2) is 29.1 Å². The molecule has 0 spiro atoms. The van der Waals surface area contributed by atoms with Crippen LogP contribution < -0.4 is 10.6 Å². The maximum Gasteiger partial charge on any atom is 0.225 e. The Morgan fingerprint density at radius 1 is 1.44 bits per heavy atom. The molecule has 2 N–H and O–H groups in total. The second-order valence-corrected chi connectivity index (χ2v) is 4.43. The van der Waals surface area contributed by atoms with E-state index >= 15 is 0 Å². The van der Waals surface area contributed by atoms with E-state index < -0.39 is 0 Å². The number of aryl methyl sites for hydroxylation is 1. The van der Waals surface area contributed by atoms with Crippen LogP contribution in [-0.2, 0) is 0 Å². The average molecular weight is 220 g/mol. The molecule has 1 aromatic rings. The summed E-state index contributed by atoms with van der Waals surface area (Å²) in [6.45, 7) is 3.73. The van der Waals surface area contributed by atoms with Crippen LogP contribution in [0, 0.1) is 6.92 Å². The molecule has 2 rings (SSSR count). The molecule has 0 amide bonds. The van der Waals surface area contributed by atoms with E-state index in [0.29, 0.717) is 12.6 Å². The number of anilines is 1. The predicted molar refractivity (Wildman–Crippen MR) is 65.4 cm³/mol. The summed E-state index contributed by atoms with van der Waals surface area (Å²) in [5, 5.41) is 0. The van der Waals surface area contributed by atoms with E-state index in [0.717, 1.165) is 24.6 Å². The molecule has 0 saturated carbocycles. The third kappa shape index (κ3) is 2.50. The molecule has 1 aliphatic rings. The summed E-state index contributed by atoms with van der Waals surface area (Å²) in [6.07, 6.45) is 6.76. The zero-order valence-corrected chi connectivity index (χ0v) is 9.89. The molecule has 1 fully saturated rings. The summed E-state index contributed by atoms with van der Waals surface area (Å²) in [7, 11) is 0. The summed E-state index contributed by atoms with van der Waals surface area (Å²) < 4.78 is 0. The van der Waals surface area contributed by atoms with Crippen LogP contribution in [0.15, 0.2) is 12.3 Å². The molecule has 0 radical (unpaired) electrons. The molecular formula is C12H20N4. The Hall–Kier alpha value is -1.16. The molecule has 4 heteroatoms. The van der Waals surface area contributed by atoms with Crippen molar-refractivity contribution in [3.05, 3.63) is 18.0 Å². The van der Waals surface area contributed by atoms with E-state index in [1.165, 1.54) is 19.3 Å². The average Bonchev–Trinajstić information content (AvgIpc) is 2.53. The standard InChI is InChI=1S/C12H20N4/c1-10-6-7-14-12(15-10)16-8-4-2-3-5-11(16)9-13/h6-7,11H,2-5,8-9,13H2,1H3. The van der Waals surface area contributed by atoms with Crippen LogP contribution in [0.25, 0.3) is 0 Å². The first-order valence-corrected chi connectivity index (χ1v) is 6.07. The highest BCUT2D eigenvalue weighted by molar-refractivity contribution is 5.32. The van der Waals surface area contributed by atoms with Gasteiger partial charge < -0.3 is 10.6 Å². The minimum absolute atomic E-state index is 0.407. The minimum atomic E-state index is 0.407. The molecule has 1 aliphatic heterocycles. The van der Waals surface area contributed by atoms with Crippen LogP contribution in [0.3, 0.4) is 0 Å². The van der Waals surface area contributed by atoms with Gasteiger partial charge in [0.1, 0.15) is 0 Å². The number of aromatic nitrogens is 2. The molecule has 1 atom stereocenters. The fourth-order valence-corrected chi connectivity index (χ4v) is 2.26. The van der Waals surface area contributed by atoms with Crippen molar-refractivity contribution in [3.8, 4) is 0 Å². The van der Waals surface area contributed by atoms with Gasteiger partial charge in [-0.3, -0.25) is 0 Å². The summed E-state index contributed by atoms with van der Waals surface area (Å²) in [4.78, 5) is 11.1. The van der Waals surface area contributed by atoms with Gasteiger partial charge in [-0.2, -0.15) is 0 Å². The number of hydrogen-bond donors (Lipinski definition) is 1. The second kappa shape index (κ2) is 5.25. The van der Waals surface area contributed by atoms with Crippen molar-refractivity contribution in [2.24, 2.45) is 5.73 Å². The van der Waals surface area contributed by atoms with Crippen molar-refractivity contribution in [3.63, 3.8) is 0 Å². The quantitative estimate of drug-likeness (QED) is 0.820. The van der Waals surface area contributed by atoms with Gasteiger partial charge in [-0.15, -0.1) is 0 Å². The lowest BCUT2D eigenvalue weighted by molar-refractivity contribution is 0.570. The number of nitrogens with two attached hydrogens (primary N) is 1. The Morgan fingerprint density at radius 3 is 3.06 bits per heavy atom. The molecule has 4 nitrogen and oxygen atoms in total. The minimum Gasteiger partial charge on any atom is -0.337 e. The van der Waals surface area contributed by atoms with Gasteiger partial charge >= 0.3 is 0 Å². The van der Waals surface area contributed by atoms with Crippen LogP contribution >= 0.6 is 0 Å². The normalized spacial score (nSPS) is 21.9. The summed E-state index contributed by atoms with van der Waals surface area (Å²) in [5.74, 6) is 0.845. The molecule has 0 bridgehead atoms. The zero-order chi connectivity index (χ0) is 11.4. The van der Waals surface area contributed by atoms with E-state index in [2.05, 4.69) is 14.9 Å². The number of rotatable bonds is 2. The maximum absolute atomic E-state index is 5.84. The largest absolute Gasteiger partial charge is 0.337 e. The Bertz CT molecular complexity index is 340. The van der Waals surface area contributed by atoms with Crippen molar-refractivity contribution in [1.29, 1.82) is 0 Å². The van der Waals surface area contributed by atoms with Gasteiger partial charge in [0.2, 0.25) is 5.95 Å². The highest BCUT2D eigenvalue weighted by atomic mass is 15.3. The van der Waals surface area contributed by atoms with Gasteiger partial charge in [0.25, 0.3) is 0 Å². The van der Waals surface area contributed by atoms with Crippen molar-refractivity contribution in [2.45, 2.75) is 38.6 Å². The number of hydrogen-bond acceptors (Lipinski definition) is 4. The third-order valence-electron chi connectivity index (χ3n) is 3.19.